The Morgan fingerprint density at radius 3 is 1.81 bits per heavy atom. The molecule has 7 nitrogen and oxygen atoms in total. The van der Waals surface area contributed by atoms with Gasteiger partial charge in [-0.25, -0.2) is 9.59 Å². The quantitative estimate of drug-likeness (QED) is 0.460. The maximum Gasteiger partial charge on any atom is 0.358 e. The van der Waals surface area contributed by atoms with Gasteiger partial charge in [-0.1, -0.05) is 30.3 Å². The molecule has 0 radical (unpaired) electrons. The van der Waals surface area contributed by atoms with Gasteiger partial charge in [-0.2, -0.15) is 0 Å². The van der Waals surface area contributed by atoms with E-state index in [0.717, 1.165) is 0 Å². The summed E-state index contributed by atoms with van der Waals surface area (Å²) in [5.41, 5.74) is -0.171. The van der Waals surface area contributed by atoms with Gasteiger partial charge in [0.05, 0.1) is 13.2 Å². The Balaban J connectivity index is 3.61. The molecule has 0 atom stereocenters. The van der Waals surface area contributed by atoms with E-state index < -0.39 is 24.7 Å². The minimum absolute atomic E-state index is 0.132. The third-order valence-corrected chi connectivity index (χ3v) is 4.27. The van der Waals surface area contributed by atoms with Crippen LogP contribution in [0.1, 0.15) is 19.4 Å². The number of rotatable bonds is 6. The number of esters is 2. The zero-order valence-electron chi connectivity index (χ0n) is 11.7. The highest BCUT2D eigenvalue weighted by molar-refractivity contribution is 7.55. The van der Waals surface area contributed by atoms with E-state index in [1.165, 1.54) is 38.1 Å². The second-order valence-corrected chi connectivity index (χ2v) is 5.82. The lowest BCUT2D eigenvalue weighted by atomic mass is 9.98. The first-order valence-electron chi connectivity index (χ1n) is 6.27. The van der Waals surface area contributed by atoms with Crippen LogP contribution >= 0.6 is 7.60 Å². The van der Waals surface area contributed by atoms with Crippen LogP contribution in [0.4, 0.5) is 0 Å². The van der Waals surface area contributed by atoms with Gasteiger partial charge in [-0.15, -0.1) is 0 Å². The summed E-state index contributed by atoms with van der Waals surface area (Å²) in [5, 5.41) is -2.81. The molecule has 1 rings (SSSR count). The van der Waals surface area contributed by atoms with Crippen LogP contribution in [-0.2, 0) is 28.8 Å². The van der Waals surface area contributed by atoms with E-state index in [2.05, 4.69) is 0 Å². The second kappa shape index (κ2) is 6.85. The van der Waals surface area contributed by atoms with Crippen molar-refractivity contribution in [2.45, 2.75) is 19.0 Å². The fourth-order valence-electron chi connectivity index (χ4n) is 1.88. The summed E-state index contributed by atoms with van der Waals surface area (Å²) in [6.07, 6.45) is 0. The highest BCUT2D eigenvalue weighted by atomic mass is 31.2. The number of hydrogen-bond acceptors (Lipinski definition) is 5. The van der Waals surface area contributed by atoms with Gasteiger partial charge in [0, 0.05) is 0 Å². The molecule has 116 valence electrons. The van der Waals surface area contributed by atoms with Gasteiger partial charge >= 0.3 is 19.5 Å². The molecule has 0 aliphatic heterocycles. The standard InChI is InChI=1S/C13H17O7P/c1-3-19-11(14)13(21(16,17)18,12(15)20-4-2)10-8-6-5-7-9-10/h5-9H,3-4H2,1-2H3,(H2,16,17,18). The Morgan fingerprint density at radius 2 is 1.48 bits per heavy atom. The van der Waals surface area contributed by atoms with E-state index in [4.69, 9.17) is 9.47 Å². The minimum Gasteiger partial charge on any atom is -0.464 e. The van der Waals surface area contributed by atoms with Crippen molar-refractivity contribution in [3.05, 3.63) is 35.9 Å². The zero-order chi connectivity index (χ0) is 16.1. The molecule has 1 aromatic carbocycles. The van der Waals surface area contributed by atoms with Gasteiger partial charge in [0.15, 0.2) is 0 Å². The van der Waals surface area contributed by atoms with Crippen LogP contribution in [0.25, 0.3) is 0 Å². The molecule has 0 saturated carbocycles. The van der Waals surface area contributed by atoms with Crippen molar-refractivity contribution in [3.8, 4) is 0 Å². The van der Waals surface area contributed by atoms with Crippen molar-refractivity contribution in [3.63, 3.8) is 0 Å². The molecule has 0 saturated heterocycles. The van der Waals surface area contributed by atoms with Crippen LogP contribution in [0, 0.1) is 0 Å². The van der Waals surface area contributed by atoms with Crippen molar-refractivity contribution in [2.24, 2.45) is 0 Å². The fraction of sp³-hybridized carbons (Fsp3) is 0.385. The van der Waals surface area contributed by atoms with Gasteiger partial charge in [0.25, 0.3) is 5.16 Å². The first-order chi connectivity index (χ1) is 9.82. The van der Waals surface area contributed by atoms with Crippen LogP contribution in [0.3, 0.4) is 0 Å². The molecule has 21 heavy (non-hydrogen) atoms. The van der Waals surface area contributed by atoms with Crippen molar-refractivity contribution < 1.29 is 33.4 Å². The molecule has 0 fully saturated rings. The zero-order valence-corrected chi connectivity index (χ0v) is 12.6. The normalized spacial score (nSPS) is 11.8. The Morgan fingerprint density at radius 1 is 1.05 bits per heavy atom. The molecule has 0 bridgehead atoms. The number of benzene rings is 1. The van der Waals surface area contributed by atoms with Gasteiger partial charge in [-0.3, -0.25) is 4.57 Å². The Bertz CT molecular complexity index is 531. The summed E-state index contributed by atoms with van der Waals surface area (Å²) >= 11 is 0. The topological polar surface area (TPSA) is 110 Å². The lowest BCUT2D eigenvalue weighted by Gasteiger charge is -2.29. The molecule has 0 spiro atoms. The molecule has 2 N–H and O–H groups in total. The minimum atomic E-state index is -5.25. The summed E-state index contributed by atoms with van der Waals surface area (Å²) in [6, 6.07) is 7.04. The summed E-state index contributed by atoms with van der Waals surface area (Å²) in [7, 11) is -5.25. The smallest absolute Gasteiger partial charge is 0.358 e. The lowest BCUT2D eigenvalue weighted by Crippen LogP contribution is -2.46. The van der Waals surface area contributed by atoms with Crippen molar-refractivity contribution in [1.82, 2.24) is 0 Å². The molecule has 0 unspecified atom stereocenters. The molecule has 0 amide bonds. The van der Waals surface area contributed by atoms with Gasteiger partial charge in [0.1, 0.15) is 0 Å². The Labute approximate surface area is 122 Å². The van der Waals surface area contributed by atoms with Crippen LogP contribution in [0.5, 0.6) is 0 Å². The number of ether oxygens (including phenoxy) is 2. The van der Waals surface area contributed by atoms with Crippen molar-refractivity contribution in [2.75, 3.05) is 13.2 Å². The first-order valence-corrected chi connectivity index (χ1v) is 7.89. The second-order valence-electron chi connectivity index (χ2n) is 4.06. The Hall–Kier alpha value is -1.69. The van der Waals surface area contributed by atoms with Crippen LogP contribution in [-0.4, -0.2) is 34.9 Å². The molecule has 1 aromatic rings. The fourth-order valence-corrected chi connectivity index (χ4v) is 2.97. The summed E-state index contributed by atoms with van der Waals surface area (Å²) in [4.78, 5) is 43.8. The SMILES string of the molecule is CCOC(=O)C(C(=O)OCC)(c1ccccc1)P(=O)(O)O. The number of carbonyl (C=O) groups excluding carboxylic acids is 2. The number of hydrogen-bond donors (Lipinski definition) is 2. The molecular weight excluding hydrogens is 299 g/mol. The van der Waals surface area contributed by atoms with Crippen LogP contribution in [0.15, 0.2) is 30.3 Å². The largest absolute Gasteiger partial charge is 0.464 e. The molecule has 8 heteroatoms. The van der Waals surface area contributed by atoms with E-state index in [0.29, 0.717) is 0 Å². The van der Waals surface area contributed by atoms with E-state index >= 15 is 0 Å². The first kappa shape index (κ1) is 17.4. The van der Waals surface area contributed by atoms with E-state index in [1.807, 2.05) is 0 Å². The van der Waals surface area contributed by atoms with Gasteiger partial charge in [-0.05, 0) is 19.4 Å². The highest BCUT2D eigenvalue weighted by Gasteiger charge is 2.64. The summed E-state index contributed by atoms with van der Waals surface area (Å²) in [5.74, 6) is -2.66. The highest BCUT2D eigenvalue weighted by Crippen LogP contribution is 2.58. The monoisotopic (exact) mass is 316 g/mol. The van der Waals surface area contributed by atoms with Crippen molar-refractivity contribution in [1.29, 1.82) is 0 Å². The average molecular weight is 316 g/mol. The summed E-state index contributed by atoms with van der Waals surface area (Å²) < 4.78 is 21.4. The maximum absolute atomic E-state index is 12.2. The third kappa shape index (κ3) is 3.15. The predicted molar refractivity (Wildman–Crippen MR) is 73.4 cm³/mol. The molecule has 0 aromatic heterocycles. The predicted octanol–water partition coefficient (Wildman–Crippen LogP) is 1.19. The van der Waals surface area contributed by atoms with Gasteiger partial charge < -0.3 is 19.3 Å². The molecule has 0 aliphatic rings. The van der Waals surface area contributed by atoms with Gasteiger partial charge in [0.2, 0.25) is 0 Å². The van der Waals surface area contributed by atoms with E-state index in [9.17, 15) is 23.9 Å². The van der Waals surface area contributed by atoms with Crippen LogP contribution < -0.4 is 0 Å². The van der Waals surface area contributed by atoms with Crippen molar-refractivity contribution >= 4 is 19.5 Å². The van der Waals surface area contributed by atoms with Crippen LogP contribution in [0.2, 0.25) is 0 Å². The maximum atomic E-state index is 12.2. The average Bonchev–Trinajstić information content (AvgIpc) is 2.39. The summed E-state index contributed by atoms with van der Waals surface area (Å²) in [6.45, 7) is 2.68. The Kier molecular flexibility index (Phi) is 5.66. The van der Waals surface area contributed by atoms with E-state index in [-0.39, 0.29) is 18.8 Å². The van der Waals surface area contributed by atoms with E-state index in [1.54, 1.807) is 6.07 Å². The molecular formula is C13H17O7P. The number of carbonyl (C=O) groups is 2. The lowest BCUT2D eigenvalue weighted by molar-refractivity contribution is -0.160. The molecule has 0 aliphatic carbocycles. The molecule has 0 heterocycles. The third-order valence-electron chi connectivity index (χ3n) is 2.77.